The van der Waals surface area contributed by atoms with E-state index in [2.05, 4.69) is 38.7 Å². The van der Waals surface area contributed by atoms with Crippen LogP contribution in [0, 0.1) is 5.92 Å². The van der Waals surface area contributed by atoms with Crippen molar-refractivity contribution in [1.29, 1.82) is 0 Å². The van der Waals surface area contributed by atoms with Crippen molar-refractivity contribution in [2.75, 3.05) is 40.3 Å². The number of rotatable bonds is 7. The maximum Gasteiger partial charge on any atom is 0.191 e. The standard InChI is InChI=1S/C19H30N4O/c1-20-19(21-13-15-8-9-15)22-14-18(23-10-3-4-11-23)16-6-5-7-17(12-16)24-2/h5-7,12,15,18H,3-4,8-11,13-14H2,1-2H3,(H2,20,21,22). The molecule has 0 radical (unpaired) electrons. The fourth-order valence-electron chi connectivity index (χ4n) is 3.34. The Labute approximate surface area is 145 Å². The number of nitrogens with one attached hydrogen (secondary N) is 2. The zero-order valence-electron chi connectivity index (χ0n) is 14.9. The Hall–Kier alpha value is -1.75. The van der Waals surface area contributed by atoms with Crippen molar-refractivity contribution in [3.05, 3.63) is 29.8 Å². The third-order valence-electron chi connectivity index (χ3n) is 5.00. The molecule has 132 valence electrons. The Morgan fingerprint density at radius 3 is 2.75 bits per heavy atom. The van der Waals surface area contributed by atoms with Crippen LogP contribution in [0.3, 0.4) is 0 Å². The van der Waals surface area contributed by atoms with Gasteiger partial charge in [-0.2, -0.15) is 0 Å². The molecule has 1 unspecified atom stereocenters. The highest BCUT2D eigenvalue weighted by molar-refractivity contribution is 5.79. The van der Waals surface area contributed by atoms with Gasteiger partial charge in [-0.1, -0.05) is 12.1 Å². The molecule has 1 saturated heterocycles. The van der Waals surface area contributed by atoms with Gasteiger partial charge in [-0.3, -0.25) is 9.89 Å². The minimum Gasteiger partial charge on any atom is -0.497 e. The largest absolute Gasteiger partial charge is 0.497 e. The summed E-state index contributed by atoms with van der Waals surface area (Å²) in [5.74, 6) is 2.68. The molecule has 1 aliphatic carbocycles. The van der Waals surface area contributed by atoms with Gasteiger partial charge < -0.3 is 15.4 Å². The minimum atomic E-state index is 0.349. The minimum absolute atomic E-state index is 0.349. The molecule has 1 aromatic carbocycles. The predicted molar refractivity (Wildman–Crippen MR) is 98.6 cm³/mol. The summed E-state index contributed by atoms with van der Waals surface area (Å²) in [6.07, 6.45) is 5.28. The summed E-state index contributed by atoms with van der Waals surface area (Å²) in [6.45, 7) is 4.22. The zero-order chi connectivity index (χ0) is 16.8. The first-order valence-corrected chi connectivity index (χ1v) is 9.12. The third-order valence-corrected chi connectivity index (χ3v) is 5.00. The van der Waals surface area contributed by atoms with E-state index in [1.54, 1.807) is 7.11 Å². The maximum absolute atomic E-state index is 5.41. The van der Waals surface area contributed by atoms with Crippen molar-refractivity contribution in [3.63, 3.8) is 0 Å². The molecule has 2 fully saturated rings. The highest BCUT2D eigenvalue weighted by atomic mass is 16.5. The first-order chi connectivity index (χ1) is 11.8. The van der Waals surface area contributed by atoms with Gasteiger partial charge in [-0.05, 0) is 62.4 Å². The molecule has 1 saturated carbocycles. The van der Waals surface area contributed by atoms with Crippen molar-refractivity contribution in [2.45, 2.75) is 31.7 Å². The highest BCUT2D eigenvalue weighted by Gasteiger charge is 2.25. The smallest absolute Gasteiger partial charge is 0.191 e. The molecule has 1 heterocycles. The lowest BCUT2D eigenvalue weighted by Gasteiger charge is -2.29. The molecule has 0 spiro atoms. The van der Waals surface area contributed by atoms with Crippen LogP contribution in [0.25, 0.3) is 0 Å². The zero-order valence-corrected chi connectivity index (χ0v) is 14.9. The van der Waals surface area contributed by atoms with E-state index in [-0.39, 0.29) is 0 Å². The molecule has 0 amide bonds. The molecule has 2 N–H and O–H groups in total. The lowest BCUT2D eigenvalue weighted by molar-refractivity contribution is 0.245. The molecule has 1 atom stereocenters. The van der Waals surface area contributed by atoms with Crippen molar-refractivity contribution in [2.24, 2.45) is 10.9 Å². The van der Waals surface area contributed by atoms with E-state index in [4.69, 9.17) is 4.74 Å². The van der Waals surface area contributed by atoms with Crippen LogP contribution < -0.4 is 15.4 Å². The molecule has 0 bridgehead atoms. The summed E-state index contributed by atoms with van der Waals surface area (Å²) < 4.78 is 5.41. The van der Waals surface area contributed by atoms with Crippen molar-refractivity contribution >= 4 is 5.96 Å². The topological polar surface area (TPSA) is 48.9 Å². The molecule has 5 nitrogen and oxygen atoms in total. The molecular weight excluding hydrogens is 300 g/mol. The van der Waals surface area contributed by atoms with Crippen molar-refractivity contribution in [3.8, 4) is 5.75 Å². The molecule has 1 aromatic rings. The van der Waals surface area contributed by atoms with Crippen molar-refractivity contribution in [1.82, 2.24) is 15.5 Å². The van der Waals surface area contributed by atoms with E-state index in [0.29, 0.717) is 6.04 Å². The third kappa shape index (κ3) is 4.63. The van der Waals surface area contributed by atoms with Crippen LogP contribution in [0.4, 0.5) is 0 Å². The van der Waals surface area contributed by atoms with Crippen LogP contribution >= 0.6 is 0 Å². The Balaban J connectivity index is 1.64. The first kappa shape index (κ1) is 17.1. The summed E-state index contributed by atoms with van der Waals surface area (Å²) in [5.41, 5.74) is 1.31. The van der Waals surface area contributed by atoms with Gasteiger partial charge in [0, 0.05) is 20.1 Å². The Kier molecular flexibility index (Phi) is 5.96. The number of hydrogen-bond acceptors (Lipinski definition) is 3. The SMILES string of the molecule is CN=C(NCC1CC1)NCC(c1cccc(OC)c1)N1CCCC1. The van der Waals surface area contributed by atoms with Crippen LogP contribution in [0.15, 0.2) is 29.3 Å². The fraction of sp³-hybridized carbons (Fsp3) is 0.632. The van der Waals surface area contributed by atoms with E-state index in [1.807, 2.05) is 13.1 Å². The average Bonchev–Trinajstić information content (AvgIpc) is 3.30. The maximum atomic E-state index is 5.41. The summed E-state index contributed by atoms with van der Waals surface area (Å²) in [6, 6.07) is 8.80. The predicted octanol–water partition coefficient (Wildman–Crippen LogP) is 2.41. The number of guanidine groups is 1. The Bertz CT molecular complexity index is 550. The Morgan fingerprint density at radius 1 is 1.29 bits per heavy atom. The van der Waals surface area contributed by atoms with E-state index >= 15 is 0 Å². The van der Waals surface area contributed by atoms with Gasteiger partial charge in [-0.25, -0.2) is 0 Å². The number of nitrogens with zero attached hydrogens (tertiary/aromatic N) is 2. The molecule has 2 aliphatic rings. The molecule has 1 aliphatic heterocycles. The second-order valence-corrected chi connectivity index (χ2v) is 6.81. The lowest BCUT2D eigenvalue weighted by Crippen LogP contribution is -2.43. The number of hydrogen-bond donors (Lipinski definition) is 2. The molecule has 5 heteroatoms. The summed E-state index contributed by atoms with van der Waals surface area (Å²) in [4.78, 5) is 6.93. The van der Waals surface area contributed by atoms with Gasteiger partial charge in [0.15, 0.2) is 5.96 Å². The Morgan fingerprint density at radius 2 is 2.08 bits per heavy atom. The van der Waals surface area contributed by atoms with Crippen molar-refractivity contribution < 1.29 is 4.74 Å². The summed E-state index contributed by atoms with van der Waals surface area (Å²) >= 11 is 0. The van der Waals surface area contributed by atoms with E-state index < -0.39 is 0 Å². The number of ether oxygens (including phenoxy) is 1. The highest BCUT2D eigenvalue weighted by Crippen LogP contribution is 2.28. The second kappa shape index (κ2) is 8.38. The number of benzene rings is 1. The van der Waals surface area contributed by atoms with Gasteiger partial charge in [0.2, 0.25) is 0 Å². The van der Waals surface area contributed by atoms with E-state index in [1.165, 1.54) is 31.2 Å². The quantitative estimate of drug-likeness (QED) is 0.595. The van der Waals surface area contributed by atoms with Crippen LogP contribution in [0.1, 0.15) is 37.3 Å². The van der Waals surface area contributed by atoms with Gasteiger partial charge in [0.05, 0.1) is 13.2 Å². The van der Waals surface area contributed by atoms with Gasteiger partial charge in [0.1, 0.15) is 5.75 Å². The fourth-order valence-corrected chi connectivity index (χ4v) is 3.34. The van der Waals surface area contributed by atoms with E-state index in [9.17, 15) is 0 Å². The number of methoxy groups -OCH3 is 1. The van der Waals surface area contributed by atoms with Gasteiger partial charge in [0.25, 0.3) is 0 Å². The molecular formula is C19H30N4O. The van der Waals surface area contributed by atoms with Gasteiger partial charge >= 0.3 is 0 Å². The average molecular weight is 330 g/mol. The van der Waals surface area contributed by atoms with Crippen LogP contribution in [0.2, 0.25) is 0 Å². The van der Waals surface area contributed by atoms with E-state index in [0.717, 1.165) is 43.8 Å². The normalized spacial score (nSPS) is 20.0. The second-order valence-electron chi connectivity index (χ2n) is 6.81. The number of aliphatic imine (C=N–C) groups is 1. The lowest BCUT2D eigenvalue weighted by atomic mass is 10.1. The van der Waals surface area contributed by atoms with Crippen LogP contribution in [-0.2, 0) is 0 Å². The molecule has 3 rings (SSSR count). The molecule has 24 heavy (non-hydrogen) atoms. The number of likely N-dealkylation sites (tertiary alicyclic amines) is 1. The molecule has 0 aromatic heterocycles. The summed E-state index contributed by atoms with van der Waals surface area (Å²) in [7, 11) is 3.57. The van der Waals surface area contributed by atoms with Gasteiger partial charge in [-0.15, -0.1) is 0 Å². The van der Waals surface area contributed by atoms with Crippen LogP contribution in [-0.4, -0.2) is 51.2 Å². The summed E-state index contributed by atoms with van der Waals surface area (Å²) in [5, 5.41) is 6.97. The first-order valence-electron chi connectivity index (χ1n) is 9.12. The monoisotopic (exact) mass is 330 g/mol. The van der Waals surface area contributed by atoms with Crippen LogP contribution in [0.5, 0.6) is 5.75 Å².